The number of hydrogen-bond acceptors (Lipinski definition) is 2. The van der Waals surface area contributed by atoms with E-state index in [0.29, 0.717) is 0 Å². The molecule has 44 heavy (non-hydrogen) atoms. The van der Waals surface area contributed by atoms with Gasteiger partial charge in [0, 0.05) is 27.7 Å². The number of furan rings is 1. The molecule has 0 fully saturated rings. The molecule has 0 atom stereocenters. The number of anilines is 3. The van der Waals surface area contributed by atoms with Crippen LogP contribution in [0.3, 0.4) is 0 Å². The van der Waals surface area contributed by atoms with Crippen molar-refractivity contribution in [2.75, 3.05) is 4.90 Å². The Morgan fingerprint density at radius 1 is 0.386 bits per heavy atom. The van der Waals surface area contributed by atoms with Crippen molar-refractivity contribution in [3.63, 3.8) is 0 Å². The zero-order chi connectivity index (χ0) is 29.0. The molecule has 206 valence electrons. The van der Waals surface area contributed by atoms with E-state index in [2.05, 4.69) is 169 Å². The van der Waals surface area contributed by atoms with Crippen LogP contribution in [0.15, 0.2) is 168 Å². The Labute approximate surface area is 255 Å². The average molecular weight is 562 g/mol. The van der Waals surface area contributed by atoms with E-state index in [1.54, 1.807) is 0 Å². The van der Waals surface area contributed by atoms with Gasteiger partial charge >= 0.3 is 0 Å². The smallest absolute Gasteiger partial charge is 0.145 e. The van der Waals surface area contributed by atoms with Crippen LogP contribution in [0.4, 0.5) is 17.1 Å². The summed E-state index contributed by atoms with van der Waals surface area (Å²) in [5.41, 5.74) is 7.31. The van der Waals surface area contributed by atoms with Gasteiger partial charge in [-0.1, -0.05) is 127 Å². The van der Waals surface area contributed by atoms with Gasteiger partial charge in [-0.2, -0.15) is 0 Å². The van der Waals surface area contributed by atoms with Gasteiger partial charge in [-0.05, 0) is 68.9 Å². The number of nitrogens with zero attached hydrogens (tertiary/aromatic N) is 1. The van der Waals surface area contributed by atoms with E-state index in [9.17, 15) is 0 Å². The predicted molar refractivity (Wildman–Crippen MR) is 186 cm³/mol. The Bertz CT molecular complexity index is 2490. The SMILES string of the molecule is c1ccc(-c2ccc(N(c3ccccc3)c3ccc4ccccc4c3)c3c2oc2c4ccccc4c4ccccc4c23)cc1. The number of hydrogen-bond donors (Lipinski definition) is 0. The average Bonchev–Trinajstić information content (AvgIpc) is 3.51. The van der Waals surface area contributed by atoms with Gasteiger partial charge in [0.05, 0.1) is 11.1 Å². The van der Waals surface area contributed by atoms with Gasteiger partial charge < -0.3 is 9.32 Å². The lowest BCUT2D eigenvalue weighted by molar-refractivity contribution is 0.674. The molecule has 9 aromatic rings. The van der Waals surface area contributed by atoms with E-state index in [1.165, 1.54) is 26.9 Å². The number of para-hydroxylation sites is 1. The Morgan fingerprint density at radius 3 is 1.77 bits per heavy atom. The lowest BCUT2D eigenvalue weighted by Crippen LogP contribution is -2.10. The third-order valence-corrected chi connectivity index (χ3v) is 8.81. The Balaban J connectivity index is 1.47. The highest BCUT2D eigenvalue weighted by atomic mass is 16.3. The van der Waals surface area contributed by atoms with Crippen LogP contribution in [0.1, 0.15) is 0 Å². The predicted octanol–water partition coefficient (Wildman–Crippen LogP) is 12.2. The summed E-state index contributed by atoms with van der Waals surface area (Å²) in [4.78, 5) is 2.38. The first-order chi connectivity index (χ1) is 21.8. The highest BCUT2D eigenvalue weighted by molar-refractivity contribution is 6.33. The fourth-order valence-corrected chi connectivity index (χ4v) is 6.84. The van der Waals surface area contributed by atoms with Gasteiger partial charge in [-0.15, -0.1) is 0 Å². The quantitative estimate of drug-likeness (QED) is 0.199. The monoisotopic (exact) mass is 561 g/mol. The van der Waals surface area contributed by atoms with Gasteiger partial charge in [-0.3, -0.25) is 0 Å². The first kappa shape index (κ1) is 24.7. The molecule has 0 radical (unpaired) electrons. The van der Waals surface area contributed by atoms with Crippen LogP contribution in [-0.2, 0) is 0 Å². The number of rotatable bonds is 4. The molecule has 0 unspecified atom stereocenters. The maximum atomic E-state index is 7.07. The molecule has 0 N–H and O–H groups in total. The molecule has 1 heterocycles. The topological polar surface area (TPSA) is 16.4 Å². The molecule has 0 amide bonds. The van der Waals surface area contributed by atoms with Crippen molar-refractivity contribution in [3.8, 4) is 11.1 Å². The van der Waals surface area contributed by atoms with Crippen molar-refractivity contribution in [3.05, 3.63) is 164 Å². The van der Waals surface area contributed by atoms with E-state index in [0.717, 1.165) is 55.5 Å². The number of fused-ring (bicyclic) bond motifs is 9. The Hall–Kier alpha value is -5.86. The van der Waals surface area contributed by atoms with Crippen molar-refractivity contribution in [2.24, 2.45) is 0 Å². The highest BCUT2D eigenvalue weighted by Gasteiger charge is 2.24. The molecule has 0 saturated heterocycles. The standard InChI is InChI=1S/C42H27NO/c1-3-14-29(15-4-1)33-25-26-38(43(31-17-5-2-6-18-31)32-24-23-28-13-7-8-16-30(28)27-32)40-39-36-21-11-9-19-34(36)35-20-10-12-22-37(35)42(39)44-41(33)40/h1-27H. The number of benzene rings is 8. The molecule has 0 aliphatic carbocycles. The summed E-state index contributed by atoms with van der Waals surface area (Å²) in [5, 5.41) is 9.43. The van der Waals surface area contributed by atoms with Crippen molar-refractivity contribution < 1.29 is 4.42 Å². The van der Waals surface area contributed by atoms with Crippen LogP contribution in [0, 0.1) is 0 Å². The summed E-state index contributed by atoms with van der Waals surface area (Å²) in [6, 6.07) is 58.3. The van der Waals surface area contributed by atoms with Crippen LogP contribution in [0.2, 0.25) is 0 Å². The van der Waals surface area contributed by atoms with Gasteiger partial charge in [-0.25, -0.2) is 0 Å². The fraction of sp³-hybridized carbons (Fsp3) is 0. The zero-order valence-corrected chi connectivity index (χ0v) is 23.9. The molecule has 2 heteroatoms. The maximum absolute atomic E-state index is 7.07. The van der Waals surface area contributed by atoms with Crippen LogP contribution in [0.5, 0.6) is 0 Å². The minimum Gasteiger partial charge on any atom is -0.455 e. The van der Waals surface area contributed by atoms with Crippen LogP contribution in [-0.4, -0.2) is 0 Å². The highest BCUT2D eigenvalue weighted by Crippen LogP contribution is 2.49. The van der Waals surface area contributed by atoms with Gasteiger partial charge in [0.1, 0.15) is 11.2 Å². The van der Waals surface area contributed by atoms with Crippen molar-refractivity contribution in [1.82, 2.24) is 0 Å². The molecule has 0 spiro atoms. The molecule has 0 saturated carbocycles. The van der Waals surface area contributed by atoms with Gasteiger partial charge in [0.15, 0.2) is 0 Å². The molecule has 0 aliphatic rings. The minimum atomic E-state index is 0.895. The molecule has 2 nitrogen and oxygen atoms in total. The molecule has 9 rings (SSSR count). The van der Waals surface area contributed by atoms with E-state index in [-0.39, 0.29) is 0 Å². The van der Waals surface area contributed by atoms with E-state index in [4.69, 9.17) is 4.42 Å². The summed E-state index contributed by atoms with van der Waals surface area (Å²) < 4.78 is 7.07. The van der Waals surface area contributed by atoms with Crippen LogP contribution < -0.4 is 4.90 Å². The van der Waals surface area contributed by atoms with Crippen LogP contribution in [0.25, 0.3) is 65.4 Å². The second kappa shape index (κ2) is 9.86. The van der Waals surface area contributed by atoms with Gasteiger partial charge in [0.2, 0.25) is 0 Å². The van der Waals surface area contributed by atoms with E-state index < -0.39 is 0 Å². The second-order valence-electron chi connectivity index (χ2n) is 11.3. The third kappa shape index (κ3) is 3.75. The molecule has 0 aliphatic heterocycles. The van der Waals surface area contributed by atoms with Crippen molar-refractivity contribution in [1.29, 1.82) is 0 Å². The summed E-state index contributed by atoms with van der Waals surface area (Å²) in [5.74, 6) is 0. The van der Waals surface area contributed by atoms with E-state index in [1.807, 2.05) is 0 Å². The zero-order valence-electron chi connectivity index (χ0n) is 23.9. The minimum absolute atomic E-state index is 0.895. The first-order valence-corrected chi connectivity index (χ1v) is 15.0. The lowest BCUT2D eigenvalue weighted by Gasteiger charge is -2.27. The summed E-state index contributed by atoms with van der Waals surface area (Å²) in [7, 11) is 0. The Morgan fingerprint density at radius 2 is 1.00 bits per heavy atom. The second-order valence-corrected chi connectivity index (χ2v) is 11.3. The fourth-order valence-electron chi connectivity index (χ4n) is 6.84. The largest absolute Gasteiger partial charge is 0.455 e. The van der Waals surface area contributed by atoms with Crippen molar-refractivity contribution >= 4 is 71.3 Å². The first-order valence-electron chi connectivity index (χ1n) is 15.0. The molecule has 1 aromatic heterocycles. The molecule has 0 bridgehead atoms. The summed E-state index contributed by atoms with van der Waals surface area (Å²) in [6.07, 6.45) is 0. The van der Waals surface area contributed by atoms with Gasteiger partial charge in [0.25, 0.3) is 0 Å². The molecular formula is C42H27NO. The molecular weight excluding hydrogens is 534 g/mol. The lowest BCUT2D eigenvalue weighted by atomic mass is 9.94. The van der Waals surface area contributed by atoms with Crippen molar-refractivity contribution in [2.45, 2.75) is 0 Å². The van der Waals surface area contributed by atoms with E-state index >= 15 is 0 Å². The summed E-state index contributed by atoms with van der Waals surface area (Å²) in [6.45, 7) is 0. The third-order valence-electron chi connectivity index (χ3n) is 8.81. The normalized spacial score (nSPS) is 11.6. The molecule has 8 aromatic carbocycles. The Kier molecular flexibility index (Phi) is 5.54. The summed E-state index contributed by atoms with van der Waals surface area (Å²) >= 11 is 0. The maximum Gasteiger partial charge on any atom is 0.145 e. The van der Waals surface area contributed by atoms with Crippen LogP contribution >= 0.6 is 0 Å².